The Morgan fingerprint density at radius 2 is 2.06 bits per heavy atom. The first-order valence-corrected chi connectivity index (χ1v) is 5.33. The second kappa shape index (κ2) is 5.92. The monoisotopic (exact) mass is 217 g/mol. The lowest BCUT2D eigenvalue weighted by Crippen LogP contribution is -2.16. The van der Waals surface area contributed by atoms with Gasteiger partial charge >= 0.3 is 5.97 Å². The average molecular weight is 217 g/mol. The van der Waals surface area contributed by atoms with Crippen molar-refractivity contribution in [3.63, 3.8) is 0 Å². The Kier molecular flexibility index (Phi) is 4.53. The Balaban J connectivity index is 2.59. The summed E-state index contributed by atoms with van der Waals surface area (Å²) in [7, 11) is 0. The topological polar surface area (TPSA) is 50.1 Å². The maximum atomic E-state index is 11.4. The summed E-state index contributed by atoms with van der Waals surface area (Å²) in [4.78, 5) is 11.4. The third-order valence-corrected chi connectivity index (χ3v) is 2.31. The van der Waals surface area contributed by atoms with E-state index in [4.69, 9.17) is 10.00 Å². The van der Waals surface area contributed by atoms with Crippen LogP contribution in [0.3, 0.4) is 0 Å². The van der Waals surface area contributed by atoms with E-state index in [1.54, 1.807) is 19.1 Å². The van der Waals surface area contributed by atoms with E-state index < -0.39 is 0 Å². The number of rotatable bonds is 4. The molecule has 3 heteroatoms. The maximum Gasteiger partial charge on any atom is 0.308 e. The molecule has 1 aromatic carbocycles. The van der Waals surface area contributed by atoms with Crippen LogP contribution in [0, 0.1) is 17.2 Å². The molecule has 16 heavy (non-hydrogen) atoms. The molecule has 0 aromatic heterocycles. The molecule has 0 radical (unpaired) electrons. The van der Waals surface area contributed by atoms with Crippen molar-refractivity contribution < 1.29 is 9.53 Å². The zero-order valence-corrected chi connectivity index (χ0v) is 9.56. The number of benzene rings is 1. The Morgan fingerprint density at radius 3 is 2.56 bits per heavy atom. The molecular weight excluding hydrogens is 202 g/mol. The van der Waals surface area contributed by atoms with E-state index in [0.717, 1.165) is 5.56 Å². The van der Waals surface area contributed by atoms with Crippen LogP contribution in [0.2, 0.25) is 0 Å². The number of esters is 1. The third kappa shape index (κ3) is 3.39. The van der Waals surface area contributed by atoms with E-state index >= 15 is 0 Å². The Bertz CT molecular complexity index is 389. The fourth-order valence-electron chi connectivity index (χ4n) is 1.44. The van der Waals surface area contributed by atoms with Gasteiger partial charge in [-0.3, -0.25) is 4.79 Å². The van der Waals surface area contributed by atoms with Gasteiger partial charge in [0, 0.05) is 0 Å². The molecule has 0 N–H and O–H groups in total. The fraction of sp³-hybridized carbons (Fsp3) is 0.385. The SMILES string of the molecule is CCOC(=O)C(C)Cc1ccc(C#N)cc1. The molecule has 3 nitrogen and oxygen atoms in total. The van der Waals surface area contributed by atoms with Crippen molar-refractivity contribution in [1.29, 1.82) is 5.26 Å². The number of carbonyl (C=O) groups excluding carboxylic acids is 1. The maximum absolute atomic E-state index is 11.4. The molecular formula is C13H15NO2. The van der Waals surface area contributed by atoms with Crippen LogP contribution < -0.4 is 0 Å². The van der Waals surface area contributed by atoms with Gasteiger partial charge in [-0.15, -0.1) is 0 Å². The van der Waals surface area contributed by atoms with Crippen LogP contribution in [0.25, 0.3) is 0 Å². The minimum atomic E-state index is -0.174. The van der Waals surface area contributed by atoms with Gasteiger partial charge in [-0.1, -0.05) is 19.1 Å². The zero-order valence-electron chi connectivity index (χ0n) is 9.56. The molecule has 0 aliphatic rings. The highest BCUT2D eigenvalue weighted by molar-refractivity contribution is 5.72. The first-order valence-electron chi connectivity index (χ1n) is 5.33. The highest BCUT2D eigenvalue weighted by Gasteiger charge is 2.14. The lowest BCUT2D eigenvalue weighted by molar-refractivity contribution is -0.147. The van der Waals surface area contributed by atoms with Gasteiger partial charge in [-0.2, -0.15) is 5.26 Å². The fourth-order valence-corrected chi connectivity index (χ4v) is 1.44. The number of ether oxygens (including phenoxy) is 1. The average Bonchev–Trinajstić information content (AvgIpc) is 2.30. The van der Waals surface area contributed by atoms with Crippen LogP contribution in [0.15, 0.2) is 24.3 Å². The smallest absolute Gasteiger partial charge is 0.308 e. The highest BCUT2D eigenvalue weighted by Crippen LogP contribution is 2.11. The molecule has 1 unspecified atom stereocenters. The summed E-state index contributed by atoms with van der Waals surface area (Å²) in [5.74, 6) is -0.320. The number of nitrogens with zero attached hydrogens (tertiary/aromatic N) is 1. The van der Waals surface area contributed by atoms with Crippen molar-refractivity contribution >= 4 is 5.97 Å². The number of nitriles is 1. The van der Waals surface area contributed by atoms with Crippen LogP contribution >= 0.6 is 0 Å². The zero-order chi connectivity index (χ0) is 12.0. The second-order valence-electron chi connectivity index (χ2n) is 3.67. The Labute approximate surface area is 95.7 Å². The summed E-state index contributed by atoms with van der Waals surface area (Å²) in [6.07, 6.45) is 0.643. The van der Waals surface area contributed by atoms with Gasteiger partial charge in [-0.25, -0.2) is 0 Å². The number of hydrogen-bond donors (Lipinski definition) is 0. The third-order valence-electron chi connectivity index (χ3n) is 2.31. The van der Waals surface area contributed by atoms with Gasteiger partial charge in [0.25, 0.3) is 0 Å². The summed E-state index contributed by atoms with van der Waals surface area (Å²) in [6, 6.07) is 9.31. The van der Waals surface area contributed by atoms with Crippen LogP contribution in [0.5, 0.6) is 0 Å². The predicted molar refractivity (Wildman–Crippen MR) is 60.7 cm³/mol. The molecule has 0 saturated carbocycles. The first kappa shape index (κ1) is 12.3. The lowest BCUT2D eigenvalue weighted by Gasteiger charge is -2.10. The van der Waals surface area contributed by atoms with Crippen LogP contribution in [-0.4, -0.2) is 12.6 Å². The number of carbonyl (C=O) groups is 1. The summed E-state index contributed by atoms with van der Waals surface area (Å²) in [5.41, 5.74) is 1.67. The molecule has 0 aliphatic carbocycles. The van der Waals surface area contributed by atoms with Crippen molar-refractivity contribution in [2.24, 2.45) is 5.92 Å². The van der Waals surface area contributed by atoms with Gasteiger partial charge in [0.2, 0.25) is 0 Å². The molecule has 0 spiro atoms. The normalized spacial score (nSPS) is 11.6. The first-order chi connectivity index (χ1) is 7.67. The Morgan fingerprint density at radius 1 is 1.44 bits per heavy atom. The van der Waals surface area contributed by atoms with Gasteiger partial charge in [0.05, 0.1) is 24.2 Å². The summed E-state index contributed by atoms with van der Waals surface area (Å²) in [5, 5.41) is 8.64. The minimum Gasteiger partial charge on any atom is -0.466 e. The molecule has 0 bridgehead atoms. The summed E-state index contributed by atoms with van der Waals surface area (Å²) >= 11 is 0. The van der Waals surface area contributed by atoms with E-state index in [1.807, 2.05) is 19.1 Å². The van der Waals surface area contributed by atoms with Crippen LogP contribution in [0.1, 0.15) is 25.0 Å². The van der Waals surface area contributed by atoms with E-state index in [-0.39, 0.29) is 11.9 Å². The summed E-state index contributed by atoms with van der Waals surface area (Å²) in [6.45, 7) is 4.05. The van der Waals surface area contributed by atoms with Gasteiger partial charge in [0.15, 0.2) is 0 Å². The standard InChI is InChI=1S/C13H15NO2/c1-3-16-13(15)10(2)8-11-4-6-12(9-14)7-5-11/h4-7,10H,3,8H2,1-2H3. The van der Waals surface area contributed by atoms with E-state index in [0.29, 0.717) is 18.6 Å². The second-order valence-corrected chi connectivity index (χ2v) is 3.67. The largest absolute Gasteiger partial charge is 0.466 e. The van der Waals surface area contributed by atoms with E-state index in [2.05, 4.69) is 6.07 Å². The summed E-state index contributed by atoms with van der Waals surface area (Å²) < 4.78 is 4.93. The van der Waals surface area contributed by atoms with E-state index in [9.17, 15) is 4.79 Å². The Hall–Kier alpha value is -1.82. The molecule has 0 heterocycles. The van der Waals surface area contributed by atoms with Crippen molar-refractivity contribution in [2.45, 2.75) is 20.3 Å². The van der Waals surface area contributed by atoms with Gasteiger partial charge in [0.1, 0.15) is 0 Å². The van der Waals surface area contributed by atoms with Crippen LogP contribution in [-0.2, 0) is 16.0 Å². The molecule has 0 saturated heterocycles. The molecule has 0 aliphatic heterocycles. The van der Waals surface area contributed by atoms with Gasteiger partial charge in [-0.05, 0) is 31.0 Å². The molecule has 1 rings (SSSR count). The number of hydrogen-bond acceptors (Lipinski definition) is 3. The molecule has 1 atom stereocenters. The molecule has 0 fully saturated rings. The van der Waals surface area contributed by atoms with Crippen molar-refractivity contribution in [1.82, 2.24) is 0 Å². The lowest BCUT2D eigenvalue weighted by atomic mass is 10.0. The highest BCUT2D eigenvalue weighted by atomic mass is 16.5. The molecule has 84 valence electrons. The van der Waals surface area contributed by atoms with Crippen molar-refractivity contribution in [3.8, 4) is 6.07 Å². The molecule has 0 amide bonds. The minimum absolute atomic E-state index is 0.145. The van der Waals surface area contributed by atoms with Gasteiger partial charge < -0.3 is 4.74 Å². The molecule has 1 aromatic rings. The predicted octanol–water partition coefficient (Wildman–Crippen LogP) is 2.30. The van der Waals surface area contributed by atoms with Crippen molar-refractivity contribution in [3.05, 3.63) is 35.4 Å². The quantitative estimate of drug-likeness (QED) is 0.727. The van der Waals surface area contributed by atoms with E-state index in [1.165, 1.54) is 0 Å². The van der Waals surface area contributed by atoms with Crippen LogP contribution in [0.4, 0.5) is 0 Å². The van der Waals surface area contributed by atoms with Crippen molar-refractivity contribution in [2.75, 3.05) is 6.61 Å².